The van der Waals surface area contributed by atoms with E-state index in [0.717, 1.165) is 0 Å². The molecule has 0 unspecified atom stereocenters. The number of alkyl halides is 3. The highest BCUT2D eigenvalue weighted by atomic mass is 79.9. The predicted octanol–water partition coefficient (Wildman–Crippen LogP) is -1.81. The number of rotatable bonds is 19. The topological polar surface area (TPSA) is 155 Å². The molecular weight excluding hydrogens is 549 g/mol. The van der Waals surface area contributed by atoms with Gasteiger partial charge in [-0.1, -0.05) is 15.9 Å². The minimum atomic E-state index is -0.487. The highest BCUT2D eigenvalue weighted by Crippen LogP contribution is 1.90. The average Bonchev–Trinajstić information content (AvgIpc) is 2.82. The van der Waals surface area contributed by atoms with Crippen LogP contribution in [0.3, 0.4) is 0 Å². The van der Waals surface area contributed by atoms with E-state index in [0.29, 0.717) is 13.2 Å². The lowest BCUT2D eigenvalue weighted by atomic mass is 10.4. The molecule has 0 fully saturated rings. The van der Waals surface area contributed by atoms with Gasteiger partial charge in [-0.05, 0) is 0 Å². The van der Waals surface area contributed by atoms with Crippen molar-refractivity contribution in [3.05, 3.63) is 0 Å². The summed E-state index contributed by atoms with van der Waals surface area (Å²) >= 11 is 13.9. The second-order valence-electron chi connectivity index (χ2n) is 6.27. The lowest BCUT2D eigenvalue weighted by Gasteiger charge is -2.23. The second-order valence-corrected chi connectivity index (χ2v) is 7.37. The van der Waals surface area contributed by atoms with Crippen molar-refractivity contribution >= 4 is 68.7 Å². The largest absolute Gasteiger partial charge is 0.377 e. The molecule has 0 heterocycles. The van der Waals surface area contributed by atoms with Gasteiger partial charge in [-0.15, -0.1) is 23.2 Å². The summed E-state index contributed by atoms with van der Waals surface area (Å²) in [6.07, 6.45) is 0. The van der Waals surface area contributed by atoms with E-state index in [-0.39, 0.29) is 87.4 Å². The molecule has 0 spiro atoms. The van der Waals surface area contributed by atoms with E-state index in [1.54, 1.807) is 0 Å². The van der Waals surface area contributed by atoms with Crippen molar-refractivity contribution in [3.63, 3.8) is 0 Å². The van der Waals surface area contributed by atoms with E-state index in [9.17, 15) is 24.0 Å². The van der Waals surface area contributed by atoms with Crippen molar-refractivity contribution in [2.45, 2.75) is 0 Å². The summed E-state index contributed by atoms with van der Waals surface area (Å²) in [6.45, 7) is 1.22. The van der Waals surface area contributed by atoms with Crippen LogP contribution in [0.2, 0.25) is 0 Å². The van der Waals surface area contributed by atoms with Crippen molar-refractivity contribution in [3.8, 4) is 0 Å². The maximum absolute atomic E-state index is 12.4. The molecule has 0 aliphatic rings. The fraction of sp³-hybridized carbons (Fsp3) is 0.722. The number of halogens is 3. The van der Waals surface area contributed by atoms with Gasteiger partial charge in [0.05, 0.1) is 31.7 Å². The van der Waals surface area contributed by atoms with E-state index in [2.05, 4.69) is 37.2 Å². The Kier molecular flexibility index (Phi) is 19.8. The van der Waals surface area contributed by atoms with Crippen LogP contribution in [0, 0.1) is 0 Å². The number of nitrogens with zero attached hydrogens (tertiary/aromatic N) is 1. The molecule has 0 atom stereocenters. The Morgan fingerprint density at radius 3 is 1.79 bits per heavy atom. The molecular formula is C18H30BrCl2N5O7. The summed E-state index contributed by atoms with van der Waals surface area (Å²) in [5.41, 5.74) is 0. The summed E-state index contributed by atoms with van der Waals surface area (Å²) in [7, 11) is 0. The molecule has 0 aromatic carbocycles. The molecule has 0 bridgehead atoms. The highest BCUT2D eigenvalue weighted by Gasteiger charge is 2.15. The SMILES string of the molecule is O=C(CCl)NCCN(CCNC(=O)CCl)C(=O)CNC(=O)COCCOCCNC(=O)CBr. The number of carbonyl (C=O) groups excluding carboxylic acids is 5. The van der Waals surface area contributed by atoms with Crippen molar-refractivity contribution in [1.82, 2.24) is 26.2 Å². The molecule has 0 saturated heterocycles. The smallest absolute Gasteiger partial charge is 0.246 e. The van der Waals surface area contributed by atoms with E-state index >= 15 is 0 Å². The quantitative estimate of drug-likeness (QED) is 0.104. The van der Waals surface area contributed by atoms with Crippen molar-refractivity contribution in [2.75, 3.05) is 82.8 Å². The number of carbonyl (C=O) groups is 5. The van der Waals surface area contributed by atoms with Gasteiger partial charge >= 0.3 is 0 Å². The summed E-state index contributed by atoms with van der Waals surface area (Å²) in [5, 5.41) is 10.4. The minimum Gasteiger partial charge on any atom is -0.377 e. The van der Waals surface area contributed by atoms with Crippen LogP contribution in [-0.4, -0.2) is 117 Å². The minimum absolute atomic E-state index is 0.139. The summed E-state index contributed by atoms with van der Waals surface area (Å²) in [5.74, 6) is -2.19. The van der Waals surface area contributed by atoms with E-state index in [1.165, 1.54) is 4.90 Å². The van der Waals surface area contributed by atoms with Gasteiger partial charge < -0.3 is 35.6 Å². The molecule has 190 valence electrons. The number of hydrogen-bond acceptors (Lipinski definition) is 7. The van der Waals surface area contributed by atoms with Crippen molar-refractivity contribution in [1.29, 1.82) is 0 Å². The van der Waals surface area contributed by atoms with Crippen LogP contribution < -0.4 is 21.3 Å². The van der Waals surface area contributed by atoms with Gasteiger partial charge in [0.2, 0.25) is 29.5 Å². The van der Waals surface area contributed by atoms with Crippen molar-refractivity contribution < 1.29 is 33.4 Å². The zero-order valence-corrected chi connectivity index (χ0v) is 21.2. The third-order valence-corrected chi connectivity index (χ3v) is 4.73. The number of ether oxygens (including phenoxy) is 2. The Morgan fingerprint density at radius 2 is 1.24 bits per heavy atom. The molecule has 0 saturated carbocycles. The maximum atomic E-state index is 12.4. The molecule has 0 radical (unpaired) electrons. The van der Waals surface area contributed by atoms with E-state index in [4.69, 9.17) is 32.7 Å². The summed E-state index contributed by atoms with van der Waals surface area (Å²) in [6, 6.07) is 0. The van der Waals surface area contributed by atoms with Crippen LogP contribution in [-0.2, 0) is 33.4 Å². The normalized spacial score (nSPS) is 10.3. The molecule has 33 heavy (non-hydrogen) atoms. The van der Waals surface area contributed by atoms with Gasteiger partial charge in [0.1, 0.15) is 18.4 Å². The molecule has 4 N–H and O–H groups in total. The van der Waals surface area contributed by atoms with Gasteiger partial charge in [0, 0.05) is 32.7 Å². The van der Waals surface area contributed by atoms with Crippen LogP contribution in [0.1, 0.15) is 0 Å². The number of hydrogen-bond donors (Lipinski definition) is 4. The van der Waals surface area contributed by atoms with E-state index in [1.807, 2.05) is 0 Å². The molecule has 0 aromatic heterocycles. The predicted molar refractivity (Wildman–Crippen MR) is 125 cm³/mol. The Bertz CT molecular complexity index is 609. The summed E-state index contributed by atoms with van der Waals surface area (Å²) in [4.78, 5) is 59.1. The lowest BCUT2D eigenvalue weighted by Crippen LogP contribution is -2.47. The number of nitrogens with one attached hydrogen (secondary N) is 4. The van der Waals surface area contributed by atoms with Crippen LogP contribution in [0.25, 0.3) is 0 Å². The van der Waals surface area contributed by atoms with Gasteiger partial charge in [-0.3, -0.25) is 24.0 Å². The molecule has 12 nitrogen and oxygen atoms in total. The molecule has 0 aliphatic heterocycles. The van der Waals surface area contributed by atoms with Gasteiger partial charge in [-0.25, -0.2) is 0 Å². The molecule has 0 aromatic rings. The Balaban J connectivity index is 4.15. The first-order valence-corrected chi connectivity index (χ1v) is 12.2. The number of amides is 5. The molecule has 5 amide bonds. The molecule has 15 heteroatoms. The third kappa shape index (κ3) is 18.4. The molecule has 0 rings (SSSR count). The lowest BCUT2D eigenvalue weighted by molar-refractivity contribution is -0.134. The van der Waals surface area contributed by atoms with Crippen LogP contribution in [0.4, 0.5) is 0 Å². The van der Waals surface area contributed by atoms with E-state index < -0.39 is 11.8 Å². The van der Waals surface area contributed by atoms with Gasteiger partial charge in [-0.2, -0.15) is 0 Å². The Morgan fingerprint density at radius 1 is 0.697 bits per heavy atom. The standard InChI is InChI=1S/C18H30BrCl2N5O7/c19-9-14(27)24-3-6-32-7-8-33-13-17(30)25-12-18(31)26(4-1-22-15(28)10-20)5-2-23-16(29)11-21/h1-13H2,(H,22,28)(H,23,29)(H,24,27)(H,25,30). The second kappa shape index (κ2) is 20.9. The molecule has 0 aliphatic carbocycles. The fourth-order valence-electron chi connectivity index (χ4n) is 2.15. The first-order chi connectivity index (χ1) is 15.8. The monoisotopic (exact) mass is 577 g/mol. The Hall–Kier alpha value is -1.67. The van der Waals surface area contributed by atoms with Crippen LogP contribution in [0.5, 0.6) is 0 Å². The van der Waals surface area contributed by atoms with Crippen LogP contribution in [0.15, 0.2) is 0 Å². The average molecular weight is 579 g/mol. The maximum Gasteiger partial charge on any atom is 0.246 e. The van der Waals surface area contributed by atoms with Crippen LogP contribution >= 0.6 is 39.1 Å². The highest BCUT2D eigenvalue weighted by molar-refractivity contribution is 9.09. The third-order valence-electron chi connectivity index (χ3n) is 3.74. The van der Waals surface area contributed by atoms with Crippen molar-refractivity contribution in [2.24, 2.45) is 0 Å². The van der Waals surface area contributed by atoms with Gasteiger partial charge in [0.25, 0.3) is 0 Å². The first-order valence-electron chi connectivity index (χ1n) is 10.0. The zero-order valence-electron chi connectivity index (χ0n) is 18.1. The Labute approximate surface area is 210 Å². The van der Waals surface area contributed by atoms with Gasteiger partial charge in [0.15, 0.2) is 0 Å². The fourth-order valence-corrected chi connectivity index (χ4v) is 2.54. The summed E-state index contributed by atoms with van der Waals surface area (Å²) < 4.78 is 10.4. The first kappa shape index (κ1) is 31.3. The zero-order chi connectivity index (χ0) is 24.9.